The number of halogens is 1. The third kappa shape index (κ3) is 2.64. The Morgan fingerprint density at radius 1 is 1.12 bits per heavy atom. The fourth-order valence-electron chi connectivity index (χ4n) is 2.04. The normalized spacial score (nSPS) is 18.2. The number of hydrogen-bond acceptors (Lipinski definition) is 1. The van der Waals surface area contributed by atoms with Crippen molar-refractivity contribution in [3.63, 3.8) is 0 Å². The van der Waals surface area contributed by atoms with E-state index in [0.717, 1.165) is 31.5 Å². The van der Waals surface area contributed by atoms with Crippen molar-refractivity contribution in [2.45, 2.75) is 24.1 Å². The number of likely N-dealkylation sites (tertiary alicyclic amines) is 1. The Bertz CT molecular complexity index is 346. The molecule has 0 aromatic heterocycles. The number of carbonyl (C=O) groups is 1. The van der Waals surface area contributed by atoms with Gasteiger partial charge in [-0.2, -0.15) is 0 Å². The maximum Gasteiger partial charge on any atom is 0.240 e. The van der Waals surface area contributed by atoms with E-state index >= 15 is 0 Å². The van der Waals surface area contributed by atoms with Crippen LogP contribution in [-0.2, 0) is 4.79 Å². The zero-order valence-corrected chi connectivity index (χ0v) is 10.8. The lowest BCUT2D eigenvalue weighted by Gasteiger charge is -2.28. The summed E-state index contributed by atoms with van der Waals surface area (Å²) >= 11 is 3.50. The van der Waals surface area contributed by atoms with Gasteiger partial charge in [0.1, 0.15) is 4.83 Å². The minimum atomic E-state index is -0.188. The second kappa shape index (κ2) is 5.48. The van der Waals surface area contributed by atoms with Gasteiger partial charge in [-0.15, -0.1) is 0 Å². The number of carbonyl (C=O) groups excluding carboxylic acids is 1. The molecule has 1 saturated heterocycles. The number of amides is 1. The van der Waals surface area contributed by atoms with E-state index in [-0.39, 0.29) is 10.7 Å². The van der Waals surface area contributed by atoms with Crippen molar-refractivity contribution < 1.29 is 4.79 Å². The summed E-state index contributed by atoms with van der Waals surface area (Å²) < 4.78 is 0. The van der Waals surface area contributed by atoms with Crippen LogP contribution in [0, 0.1) is 0 Å². The third-order valence-electron chi connectivity index (χ3n) is 2.98. The van der Waals surface area contributed by atoms with Crippen LogP contribution in [0.2, 0.25) is 0 Å². The molecule has 0 unspecified atom stereocenters. The molecule has 2 rings (SSSR count). The van der Waals surface area contributed by atoms with Gasteiger partial charge in [-0.1, -0.05) is 46.3 Å². The molecule has 0 spiro atoms. The smallest absolute Gasteiger partial charge is 0.240 e. The summed E-state index contributed by atoms with van der Waals surface area (Å²) in [5.41, 5.74) is 1.04. The van der Waals surface area contributed by atoms with Gasteiger partial charge in [0.15, 0.2) is 0 Å². The summed E-state index contributed by atoms with van der Waals surface area (Å²) in [7, 11) is 0. The molecule has 0 aliphatic carbocycles. The van der Waals surface area contributed by atoms with Gasteiger partial charge in [-0.3, -0.25) is 4.79 Å². The predicted molar refractivity (Wildman–Crippen MR) is 68.5 cm³/mol. The highest BCUT2D eigenvalue weighted by Gasteiger charge is 2.24. The molecule has 0 N–H and O–H groups in total. The lowest BCUT2D eigenvalue weighted by atomic mass is 10.1. The quantitative estimate of drug-likeness (QED) is 0.763. The van der Waals surface area contributed by atoms with E-state index in [0.29, 0.717) is 0 Å². The first kappa shape index (κ1) is 11.6. The Hall–Kier alpha value is -0.830. The molecule has 16 heavy (non-hydrogen) atoms. The standard InChI is InChI=1S/C13H16BrNO/c14-12(11-7-3-1-4-8-11)13(16)15-9-5-2-6-10-15/h1,3-4,7-8,12H,2,5-6,9-10H2/t12-/m0/s1. The molecule has 1 aliphatic rings. The lowest BCUT2D eigenvalue weighted by Crippen LogP contribution is -2.37. The molecule has 2 nitrogen and oxygen atoms in total. The summed E-state index contributed by atoms with van der Waals surface area (Å²) in [6.45, 7) is 1.82. The number of nitrogens with zero attached hydrogens (tertiary/aromatic N) is 1. The van der Waals surface area contributed by atoms with Crippen LogP contribution >= 0.6 is 15.9 Å². The highest BCUT2D eigenvalue weighted by molar-refractivity contribution is 9.09. The SMILES string of the molecule is O=C([C@@H](Br)c1ccccc1)N1CCCCC1. The van der Waals surface area contributed by atoms with Crippen molar-refractivity contribution in [1.82, 2.24) is 4.90 Å². The number of piperidine rings is 1. The van der Waals surface area contributed by atoms with Crippen molar-refractivity contribution >= 4 is 21.8 Å². The maximum atomic E-state index is 12.2. The van der Waals surface area contributed by atoms with Crippen molar-refractivity contribution in [2.24, 2.45) is 0 Å². The van der Waals surface area contributed by atoms with Gasteiger partial charge in [0, 0.05) is 13.1 Å². The van der Waals surface area contributed by atoms with Gasteiger partial charge in [-0.25, -0.2) is 0 Å². The van der Waals surface area contributed by atoms with Gasteiger partial charge in [0.05, 0.1) is 0 Å². The van der Waals surface area contributed by atoms with Crippen molar-refractivity contribution in [3.8, 4) is 0 Å². The minimum Gasteiger partial charge on any atom is -0.341 e. The first-order chi connectivity index (χ1) is 7.79. The molecule has 1 amide bonds. The summed E-state index contributed by atoms with van der Waals surface area (Å²) in [5.74, 6) is 0.200. The van der Waals surface area contributed by atoms with Gasteiger partial charge in [-0.05, 0) is 24.8 Å². The number of hydrogen-bond donors (Lipinski definition) is 0. The predicted octanol–water partition coefficient (Wildman–Crippen LogP) is 3.14. The van der Waals surface area contributed by atoms with Gasteiger partial charge in [0.2, 0.25) is 5.91 Å². The highest BCUT2D eigenvalue weighted by atomic mass is 79.9. The van der Waals surface area contributed by atoms with E-state index in [1.54, 1.807) is 0 Å². The van der Waals surface area contributed by atoms with Crippen LogP contribution in [0.1, 0.15) is 29.7 Å². The van der Waals surface area contributed by atoms with Crippen LogP contribution in [0.25, 0.3) is 0 Å². The summed E-state index contributed by atoms with van der Waals surface area (Å²) in [4.78, 5) is 14.0. The number of alkyl halides is 1. The van der Waals surface area contributed by atoms with E-state index < -0.39 is 0 Å². The second-order valence-corrected chi connectivity index (χ2v) is 5.07. The highest BCUT2D eigenvalue weighted by Crippen LogP contribution is 2.26. The molecule has 1 heterocycles. The number of benzene rings is 1. The fourth-order valence-corrected chi connectivity index (χ4v) is 2.63. The number of rotatable bonds is 2. The molecule has 0 bridgehead atoms. The molecule has 1 aromatic carbocycles. The Morgan fingerprint density at radius 3 is 2.38 bits per heavy atom. The van der Waals surface area contributed by atoms with Crippen LogP contribution in [-0.4, -0.2) is 23.9 Å². The molecule has 86 valence electrons. The van der Waals surface area contributed by atoms with Crippen LogP contribution in [0.4, 0.5) is 0 Å². The van der Waals surface area contributed by atoms with E-state index in [1.165, 1.54) is 6.42 Å². The van der Waals surface area contributed by atoms with Gasteiger partial charge >= 0.3 is 0 Å². The zero-order valence-electron chi connectivity index (χ0n) is 9.23. The molecule has 3 heteroatoms. The Balaban J connectivity index is 2.04. The van der Waals surface area contributed by atoms with Gasteiger partial charge < -0.3 is 4.90 Å². The van der Waals surface area contributed by atoms with Gasteiger partial charge in [0.25, 0.3) is 0 Å². The average Bonchev–Trinajstić information content (AvgIpc) is 2.39. The Morgan fingerprint density at radius 2 is 1.75 bits per heavy atom. The zero-order chi connectivity index (χ0) is 11.4. The molecule has 0 saturated carbocycles. The second-order valence-electron chi connectivity index (χ2n) is 4.16. The Kier molecular flexibility index (Phi) is 3.99. The first-order valence-corrected chi connectivity index (χ1v) is 6.68. The van der Waals surface area contributed by atoms with E-state index in [1.807, 2.05) is 35.2 Å². The van der Waals surface area contributed by atoms with Crippen molar-refractivity contribution in [3.05, 3.63) is 35.9 Å². The molecule has 0 radical (unpaired) electrons. The van der Waals surface area contributed by atoms with E-state index in [9.17, 15) is 4.79 Å². The lowest BCUT2D eigenvalue weighted by molar-refractivity contribution is -0.131. The van der Waals surface area contributed by atoms with Crippen LogP contribution < -0.4 is 0 Å². The van der Waals surface area contributed by atoms with E-state index in [2.05, 4.69) is 15.9 Å². The summed E-state index contributed by atoms with van der Waals surface area (Å²) in [6.07, 6.45) is 3.53. The molecule has 1 aliphatic heterocycles. The molecule has 1 atom stereocenters. The van der Waals surface area contributed by atoms with Crippen LogP contribution in [0.5, 0.6) is 0 Å². The van der Waals surface area contributed by atoms with Crippen LogP contribution in [0.3, 0.4) is 0 Å². The summed E-state index contributed by atoms with van der Waals surface area (Å²) in [6, 6.07) is 9.87. The maximum absolute atomic E-state index is 12.2. The van der Waals surface area contributed by atoms with E-state index in [4.69, 9.17) is 0 Å². The first-order valence-electron chi connectivity index (χ1n) is 5.77. The Labute approximate surface area is 105 Å². The van der Waals surface area contributed by atoms with Crippen molar-refractivity contribution in [1.29, 1.82) is 0 Å². The third-order valence-corrected chi connectivity index (χ3v) is 3.90. The topological polar surface area (TPSA) is 20.3 Å². The van der Waals surface area contributed by atoms with Crippen molar-refractivity contribution in [2.75, 3.05) is 13.1 Å². The fraction of sp³-hybridized carbons (Fsp3) is 0.462. The molecular weight excluding hydrogens is 266 g/mol. The minimum absolute atomic E-state index is 0.188. The monoisotopic (exact) mass is 281 g/mol. The molecular formula is C13H16BrNO. The average molecular weight is 282 g/mol. The molecule has 1 aromatic rings. The largest absolute Gasteiger partial charge is 0.341 e. The summed E-state index contributed by atoms with van der Waals surface area (Å²) in [5, 5.41) is 0. The molecule has 1 fully saturated rings. The van der Waals surface area contributed by atoms with Crippen LogP contribution in [0.15, 0.2) is 30.3 Å².